The number of esters is 1. The van der Waals surface area contributed by atoms with Crippen LogP contribution in [0, 0.1) is 10.1 Å². The van der Waals surface area contributed by atoms with Crippen LogP contribution in [-0.4, -0.2) is 54.8 Å². The summed E-state index contributed by atoms with van der Waals surface area (Å²) in [6.45, 7) is 3.50. The Morgan fingerprint density at radius 1 is 1.21 bits per heavy atom. The summed E-state index contributed by atoms with van der Waals surface area (Å²) in [4.78, 5) is 35.0. The lowest BCUT2D eigenvalue weighted by Crippen LogP contribution is -2.45. The molecule has 3 aromatic rings. The largest absolute Gasteiger partial charge is 0.490 e. The maximum atomic E-state index is 12.4. The first-order valence-electron chi connectivity index (χ1n) is 12.8. The molecule has 2 amide bonds. The molecule has 0 aliphatic carbocycles. The van der Waals surface area contributed by atoms with Crippen LogP contribution in [0.4, 0.5) is 10.5 Å². The number of non-ortho nitro benzene ring substituents is 1. The fraction of sp³-hybridized carbons (Fsp3) is 0.250. The number of methoxy groups -OCH3 is 1. The molecule has 0 saturated heterocycles. The number of furan rings is 1. The van der Waals surface area contributed by atoms with Gasteiger partial charge in [-0.3, -0.25) is 15.5 Å². The number of amides is 2. The predicted molar refractivity (Wildman–Crippen MR) is 150 cm³/mol. The Bertz CT molecular complexity index is 1530. The number of carbonyl (C=O) groups excluding carboxylic acids is 2. The van der Waals surface area contributed by atoms with Crippen LogP contribution in [0.1, 0.15) is 31.2 Å². The molecule has 1 aliphatic heterocycles. The number of allylic oxidation sites excluding steroid dienone is 1. The van der Waals surface area contributed by atoms with Crippen molar-refractivity contribution in [2.45, 2.75) is 26.1 Å². The van der Waals surface area contributed by atoms with Crippen LogP contribution in [0.15, 0.2) is 75.4 Å². The highest BCUT2D eigenvalue weighted by Gasteiger charge is 2.32. The fourth-order valence-corrected chi connectivity index (χ4v) is 4.16. The molecule has 2 heterocycles. The van der Waals surface area contributed by atoms with E-state index in [2.05, 4.69) is 21.2 Å². The monoisotopic (exact) mass is 579 g/mol. The van der Waals surface area contributed by atoms with Gasteiger partial charge in [0, 0.05) is 23.4 Å². The van der Waals surface area contributed by atoms with Crippen molar-refractivity contribution in [1.29, 1.82) is 0 Å². The fourth-order valence-electron chi connectivity index (χ4n) is 4.16. The highest BCUT2D eigenvalue weighted by atomic mass is 16.6. The van der Waals surface area contributed by atoms with E-state index in [4.69, 9.17) is 18.6 Å². The molecule has 0 bridgehead atoms. The number of urea groups is 1. The van der Waals surface area contributed by atoms with Crippen molar-refractivity contribution in [2.24, 2.45) is 5.10 Å². The summed E-state index contributed by atoms with van der Waals surface area (Å²) in [5.41, 5.74) is 4.19. The minimum atomic E-state index is -1.21. The number of aliphatic hydroxyl groups is 1. The van der Waals surface area contributed by atoms with Crippen LogP contribution >= 0.6 is 0 Å². The number of rotatable bonds is 12. The van der Waals surface area contributed by atoms with Crippen molar-refractivity contribution in [3.63, 3.8) is 0 Å². The lowest BCUT2D eigenvalue weighted by Gasteiger charge is -2.28. The zero-order chi connectivity index (χ0) is 30.2. The lowest BCUT2D eigenvalue weighted by atomic mass is 9.95. The van der Waals surface area contributed by atoms with E-state index in [0.717, 1.165) is 0 Å². The maximum absolute atomic E-state index is 12.4. The molecule has 2 aromatic carbocycles. The van der Waals surface area contributed by atoms with Crippen molar-refractivity contribution in [2.75, 3.05) is 20.3 Å². The van der Waals surface area contributed by atoms with Gasteiger partial charge < -0.3 is 34.4 Å². The van der Waals surface area contributed by atoms with Crippen LogP contribution < -0.4 is 25.5 Å². The Kier molecular flexibility index (Phi) is 9.39. The number of hydrogen-bond donors (Lipinski definition) is 4. The predicted octanol–water partition coefficient (Wildman–Crippen LogP) is 3.38. The van der Waals surface area contributed by atoms with Gasteiger partial charge in [-0.05, 0) is 43.7 Å². The average Bonchev–Trinajstić information content (AvgIpc) is 3.45. The number of aliphatic hydroxyl groups excluding tert-OH is 1. The van der Waals surface area contributed by atoms with Gasteiger partial charge in [-0.25, -0.2) is 9.59 Å². The van der Waals surface area contributed by atoms with Crippen molar-refractivity contribution < 1.29 is 38.2 Å². The Morgan fingerprint density at radius 3 is 2.76 bits per heavy atom. The Hall–Kier alpha value is -5.37. The topological polar surface area (TPSA) is 187 Å². The molecule has 220 valence electrons. The summed E-state index contributed by atoms with van der Waals surface area (Å²) >= 11 is 0. The van der Waals surface area contributed by atoms with Gasteiger partial charge >= 0.3 is 12.0 Å². The number of benzene rings is 2. The van der Waals surface area contributed by atoms with Crippen LogP contribution in [0.25, 0.3) is 11.3 Å². The minimum Gasteiger partial charge on any atom is -0.490 e. The standard InChI is InChI=1S/C28H29N5O9/c1-4-40-23-13-18(26-25(27(35)39-3)16(2)30-28(36)31-26)8-10-22(23)41-15-24(34)32-29-14-20-9-11-21(42-20)17-6-5-7-19(12-17)33(37)38/h5-14,24,26,32,34H,4,15H2,1-3H3,(H2,30,31,36)/b29-14-/t24-,26-/m1/s1. The average molecular weight is 580 g/mol. The lowest BCUT2D eigenvalue weighted by molar-refractivity contribution is -0.384. The third-order valence-electron chi connectivity index (χ3n) is 6.06. The van der Waals surface area contributed by atoms with E-state index in [1.165, 1.54) is 25.5 Å². The molecular weight excluding hydrogens is 550 g/mol. The number of nitro benzene ring substituents is 1. The molecule has 0 fully saturated rings. The van der Waals surface area contributed by atoms with Gasteiger partial charge in [0.25, 0.3) is 5.69 Å². The molecule has 2 atom stereocenters. The number of nitrogens with one attached hydrogen (secondary N) is 3. The van der Waals surface area contributed by atoms with Gasteiger partial charge in [0.1, 0.15) is 18.1 Å². The zero-order valence-electron chi connectivity index (χ0n) is 23.0. The number of ether oxygens (including phenoxy) is 3. The third-order valence-corrected chi connectivity index (χ3v) is 6.06. The third kappa shape index (κ3) is 7.03. The molecule has 42 heavy (non-hydrogen) atoms. The number of hydrazone groups is 1. The maximum Gasteiger partial charge on any atom is 0.337 e. The highest BCUT2D eigenvalue weighted by molar-refractivity contribution is 5.95. The molecule has 1 aromatic heterocycles. The Morgan fingerprint density at radius 2 is 2.02 bits per heavy atom. The van der Waals surface area contributed by atoms with E-state index in [0.29, 0.717) is 46.5 Å². The van der Waals surface area contributed by atoms with Gasteiger partial charge in [-0.15, -0.1) is 0 Å². The molecule has 0 spiro atoms. The number of carbonyl (C=O) groups is 2. The second-order valence-corrected chi connectivity index (χ2v) is 8.92. The van der Waals surface area contributed by atoms with E-state index < -0.39 is 29.2 Å². The first-order valence-corrected chi connectivity index (χ1v) is 12.8. The van der Waals surface area contributed by atoms with Crippen LogP contribution in [0.3, 0.4) is 0 Å². The number of nitrogens with zero attached hydrogens (tertiary/aromatic N) is 2. The van der Waals surface area contributed by atoms with Gasteiger partial charge in [-0.2, -0.15) is 5.10 Å². The summed E-state index contributed by atoms with van der Waals surface area (Å²) < 4.78 is 22.0. The Balaban J connectivity index is 1.39. The summed E-state index contributed by atoms with van der Waals surface area (Å²) in [6, 6.07) is 13.0. The highest BCUT2D eigenvalue weighted by Crippen LogP contribution is 2.35. The molecule has 4 N–H and O–H groups in total. The molecule has 0 radical (unpaired) electrons. The Labute approximate surface area is 240 Å². The molecule has 0 unspecified atom stereocenters. The number of nitro groups is 1. The van der Waals surface area contributed by atoms with Crippen LogP contribution in [-0.2, 0) is 9.53 Å². The summed E-state index contributed by atoms with van der Waals surface area (Å²) in [5.74, 6) is 0.840. The van der Waals surface area contributed by atoms with E-state index in [-0.39, 0.29) is 17.9 Å². The first kappa shape index (κ1) is 29.6. The summed E-state index contributed by atoms with van der Waals surface area (Å²) in [5, 5.41) is 30.6. The van der Waals surface area contributed by atoms with Crippen molar-refractivity contribution >= 4 is 23.9 Å². The SMILES string of the molecule is CCOc1cc([C@H]2NC(=O)NC(C)=C2C(=O)OC)ccc1OC[C@@H](O)N/N=C\c1ccc(-c2cccc([N+](=O)[O-])c2)o1. The zero-order valence-corrected chi connectivity index (χ0v) is 23.0. The molecular formula is C28H29N5O9. The smallest absolute Gasteiger partial charge is 0.337 e. The molecule has 0 saturated carbocycles. The van der Waals surface area contributed by atoms with Crippen molar-refractivity contribution in [1.82, 2.24) is 16.1 Å². The second-order valence-electron chi connectivity index (χ2n) is 8.92. The van der Waals surface area contributed by atoms with Crippen LogP contribution in [0.2, 0.25) is 0 Å². The normalized spacial score (nSPS) is 15.5. The minimum absolute atomic E-state index is 0.0537. The quantitative estimate of drug-likeness (QED) is 0.0814. The van der Waals surface area contributed by atoms with E-state index in [1.54, 1.807) is 56.3 Å². The summed E-state index contributed by atoms with van der Waals surface area (Å²) in [6.07, 6.45) is 0.133. The van der Waals surface area contributed by atoms with Gasteiger partial charge in [-0.1, -0.05) is 18.2 Å². The second kappa shape index (κ2) is 13.3. The van der Waals surface area contributed by atoms with Crippen molar-refractivity contribution in [3.8, 4) is 22.8 Å². The number of hydrogen-bond acceptors (Lipinski definition) is 11. The summed E-state index contributed by atoms with van der Waals surface area (Å²) in [7, 11) is 1.26. The molecule has 14 heteroatoms. The molecule has 14 nitrogen and oxygen atoms in total. The van der Waals surface area contributed by atoms with Crippen LogP contribution in [0.5, 0.6) is 11.5 Å². The van der Waals surface area contributed by atoms with Gasteiger partial charge in [0.05, 0.1) is 36.5 Å². The van der Waals surface area contributed by atoms with E-state index in [9.17, 15) is 24.8 Å². The van der Waals surface area contributed by atoms with Gasteiger partial charge in [0.2, 0.25) is 0 Å². The molecule has 4 rings (SSSR count). The van der Waals surface area contributed by atoms with Gasteiger partial charge in [0.15, 0.2) is 17.7 Å². The first-order chi connectivity index (χ1) is 20.2. The van der Waals surface area contributed by atoms with E-state index >= 15 is 0 Å². The van der Waals surface area contributed by atoms with E-state index in [1.807, 2.05) is 0 Å². The molecule has 1 aliphatic rings. The van der Waals surface area contributed by atoms with Crippen molar-refractivity contribution in [3.05, 3.63) is 87.3 Å².